The molecule has 74 valence electrons. The minimum atomic E-state index is 0.577. The molecule has 2 rings (SSSR count). The molecule has 0 aliphatic rings. The first-order valence-electron chi connectivity index (χ1n) is 4.72. The quantitative estimate of drug-likeness (QED) is 0.823. The Morgan fingerprint density at radius 1 is 1.50 bits per heavy atom. The third-order valence-corrected chi connectivity index (χ3v) is 3.75. The van der Waals surface area contributed by atoms with Gasteiger partial charge in [0.2, 0.25) is 0 Å². The lowest BCUT2D eigenvalue weighted by Gasteiger charge is -2.02. The van der Waals surface area contributed by atoms with E-state index in [2.05, 4.69) is 29.9 Å². The highest BCUT2D eigenvalue weighted by Crippen LogP contribution is 2.32. The van der Waals surface area contributed by atoms with Gasteiger partial charge in [-0.1, -0.05) is 13.8 Å². The molecule has 2 N–H and O–H groups in total. The average Bonchev–Trinajstić information content (AvgIpc) is 2.62. The zero-order chi connectivity index (χ0) is 10.1. The van der Waals surface area contributed by atoms with E-state index in [-0.39, 0.29) is 0 Å². The van der Waals surface area contributed by atoms with Crippen molar-refractivity contribution in [2.75, 3.05) is 5.73 Å². The van der Waals surface area contributed by atoms with Crippen LogP contribution in [0.4, 0.5) is 5.82 Å². The van der Waals surface area contributed by atoms with Gasteiger partial charge in [0.25, 0.3) is 0 Å². The van der Waals surface area contributed by atoms with E-state index in [9.17, 15) is 0 Å². The Balaban J connectivity index is 2.56. The summed E-state index contributed by atoms with van der Waals surface area (Å²) in [6, 6.07) is 2.11. The van der Waals surface area contributed by atoms with Crippen molar-refractivity contribution >= 4 is 27.4 Å². The highest BCUT2D eigenvalue weighted by atomic mass is 32.1. The van der Waals surface area contributed by atoms with Crippen LogP contribution in [0.2, 0.25) is 0 Å². The topological polar surface area (TPSA) is 51.8 Å². The Morgan fingerprint density at radius 2 is 2.29 bits per heavy atom. The third-order valence-electron chi connectivity index (χ3n) is 2.48. The van der Waals surface area contributed by atoms with Crippen LogP contribution in [0, 0.1) is 0 Å². The molecule has 2 aromatic rings. The van der Waals surface area contributed by atoms with Gasteiger partial charge in [-0.05, 0) is 18.4 Å². The van der Waals surface area contributed by atoms with Crippen LogP contribution in [0.25, 0.3) is 10.2 Å². The van der Waals surface area contributed by atoms with E-state index in [1.807, 2.05) is 0 Å². The SMILES string of the molecule is CCC(C)c1cc2c(N)ncnc2s1. The zero-order valence-corrected chi connectivity index (χ0v) is 9.14. The smallest absolute Gasteiger partial charge is 0.135 e. The summed E-state index contributed by atoms with van der Waals surface area (Å²) in [6.45, 7) is 4.40. The molecule has 0 fully saturated rings. The second-order valence-electron chi connectivity index (χ2n) is 3.44. The van der Waals surface area contributed by atoms with Crippen LogP contribution in [0.15, 0.2) is 12.4 Å². The first kappa shape index (κ1) is 9.40. The van der Waals surface area contributed by atoms with Crippen molar-refractivity contribution in [3.63, 3.8) is 0 Å². The van der Waals surface area contributed by atoms with Gasteiger partial charge in [-0.25, -0.2) is 9.97 Å². The van der Waals surface area contributed by atoms with Gasteiger partial charge >= 0.3 is 0 Å². The lowest BCUT2D eigenvalue weighted by atomic mass is 10.1. The molecular formula is C10H13N3S. The number of nitrogens with two attached hydrogens (primary N) is 1. The van der Waals surface area contributed by atoms with Gasteiger partial charge in [-0.3, -0.25) is 0 Å². The summed E-state index contributed by atoms with van der Waals surface area (Å²) in [5, 5.41) is 0.993. The number of nitrogens with zero attached hydrogens (tertiary/aromatic N) is 2. The highest BCUT2D eigenvalue weighted by molar-refractivity contribution is 7.18. The summed E-state index contributed by atoms with van der Waals surface area (Å²) >= 11 is 1.71. The molecule has 3 nitrogen and oxygen atoms in total. The van der Waals surface area contributed by atoms with Crippen molar-refractivity contribution in [1.29, 1.82) is 0 Å². The van der Waals surface area contributed by atoms with E-state index >= 15 is 0 Å². The Labute approximate surface area is 87.0 Å². The van der Waals surface area contributed by atoms with Gasteiger partial charge in [0.1, 0.15) is 17.0 Å². The fourth-order valence-corrected chi connectivity index (χ4v) is 2.48. The molecule has 0 aromatic carbocycles. The number of rotatable bonds is 2. The first-order valence-corrected chi connectivity index (χ1v) is 5.54. The minimum Gasteiger partial charge on any atom is -0.383 e. The van der Waals surface area contributed by atoms with Gasteiger partial charge in [0, 0.05) is 4.88 Å². The normalized spacial score (nSPS) is 13.3. The standard InChI is InChI=1S/C10H13N3S/c1-3-6(2)8-4-7-9(11)12-5-13-10(7)14-8/h4-6H,3H2,1-2H3,(H2,11,12,13). The van der Waals surface area contributed by atoms with E-state index in [1.54, 1.807) is 11.3 Å². The van der Waals surface area contributed by atoms with Crippen LogP contribution in [0.3, 0.4) is 0 Å². The lowest BCUT2D eigenvalue weighted by Crippen LogP contribution is -1.90. The number of aromatic nitrogens is 2. The molecular weight excluding hydrogens is 194 g/mol. The molecule has 1 atom stereocenters. The second-order valence-corrected chi connectivity index (χ2v) is 4.50. The minimum absolute atomic E-state index is 0.577. The van der Waals surface area contributed by atoms with Gasteiger partial charge in [0.05, 0.1) is 5.39 Å². The molecule has 0 aliphatic heterocycles. The predicted molar refractivity (Wildman–Crippen MR) is 60.5 cm³/mol. The average molecular weight is 207 g/mol. The molecule has 0 radical (unpaired) electrons. The lowest BCUT2D eigenvalue weighted by molar-refractivity contribution is 0.748. The molecule has 2 aromatic heterocycles. The van der Waals surface area contributed by atoms with Crippen molar-refractivity contribution < 1.29 is 0 Å². The fraction of sp³-hybridized carbons (Fsp3) is 0.400. The third kappa shape index (κ3) is 1.46. The fourth-order valence-electron chi connectivity index (χ4n) is 1.34. The molecule has 0 bridgehead atoms. The maximum Gasteiger partial charge on any atom is 0.135 e. The number of fused-ring (bicyclic) bond motifs is 1. The Morgan fingerprint density at radius 3 is 2.93 bits per heavy atom. The summed E-state index contributed by atoms with van der Waals surface area (Å²) < 4.78 is 0. The van der Waals surface area contributed by atoms with Crippen LogP contribution in [0.5, 0.6) is 0 Å². The predicted octanol–water partition coefficient (Wildman–Crippen LogP) is 2.79. The van der Waals surface area contributed by atoms with E-state index in [0.717, 1.165) is 16.6 Å². The van der Waals surface area contributed by atoms with Crippen molar-refractivity contribution in [2.24, 2.45) is 0 Å². The molecule has 0 saturated carbocycles. The van der Waals surface area contributed by atoms with Crippen LogP contribution in [0.1, 0.15) is 31.1 Å². The van der Waals surface area contributed by atoms with E-state index in [1.165, 1.54) is 11.2 Å². The molecule has 0 spiro atoms. The summed E-state index contributed by atoms with van der Waals surface area (Å²) in [5.41, 5.74) is 5.77. The Bertz CT molecular complexity index is 450. The summed E-state index contributed by atoms with van der Waals surface area (Å²) in [6.07, 6.45) is 2.66. The van der Waals surface area contributed by atoms with Gasteiger partial charge in [0.15, 0.2) is 0 Å². The van der Waals surface area contributed by atoms with Crippen LogP contribution in [-0.2, 0) is 0 Å². The van der Waals surface area contributed by atoms with Gasteiger partial charge in [-0.15, -0.1) is 11.3 Å². The Kier molecular flexibility index (Phi) is 2.37. The molecule has 1 unspecified atom stereocenters. The van der Waals surface area contributed by atoms with E-state index < -0.39 is 0 Å². The number of thiophene rings is 1. The number of nitrogen functional groups attached to an aromatic ring is 1. The monoisotopic (exact) mass is 207 g/mol. The van der Waals surface area contributed by atoms with Crippen molar-refractivity contribution in [3.8, 4) is 0 Å². The first-order chi connectivity index (χ1) is 6.72. The summed E-state index contributed by atoms with van der Waals surface area (Å²) in [4.78, 5) is 10.5. The molecule has 0 aliphatic carbocycles. The van der Waals surface area contributed by atoms with Crippen LogP contribution < -0.4 is 5.73 Å². The van der Waals surface area contributed by atoms with Gasteiger partial charge in [-0.2, -0.15) is 0 Å². The maximum atomic E-state index is 5.77. The van der Waals surface area contributed by atoms with E-state index in [0.29, 0.717) is 11.7 Å². The highest BCUT2D eigenvalue weighted by Gasteiger charge is 2.10. The Hall–Kier alpha value is -1.16. The molecule has 0 saturated heterocycles. The molecule has 4 heteroatoms. The largest absolute Gasteiger partial charge is 0.383 e. The number of hydrogen-bond donors (Lipinski definition) is 1. The second kappa shape index (κ2) is 3.53. The zero-order valence-electron chi connectivity index (χ0n) is 8.32. The molecule has 0 amide bonds. The van der Waals surface area contributed by atoms with Crippen molar-refractivity contribution in [2.45, 2.75) is 26.2 Å². The molecule has 2 heterocycles. The van der Waals surface area contributed by atoms with Crippen LogP contribution >= 0.6 is 11.3 Å². The summed E-state index contributed by atoms with van der Waals surface area (Å²) in [7, 11) is 0. The van der Waals surface area contributed by atoms with Gasteiger partial charge < -0.3 is 5.73 Å². The van der Waals surface area contributed by atoms with E-state index in [4.69, 9.17) is 5.73 Å². The van der Waals surface area contributed by atoms with Crippen LogP contribution in [-0.4, -0.2) is 9.97 Å². The maximum absolute atomic E-state index is 5.77. The van der Waals surface area contributed by atoms with Crippen molar-refractivity contribution in [1.82, 2.24) is 9.97 Å². The number of hydrogen-bond acceptors (Lipinski definition) is 4. The number of anilines is 1. The van der Waals surface area contributed by atoms with Crippen molar-refractivity contribution in [3.05, 3.63) is 17.3 Å². The molecule has 14 heavy (non-hydrogen) atoms. The summed E-state index contributed by atoms with van der Waals surface area (Å²) in [5.74, 6) is 1.16.